The highest BCUT2D eigenvalue weighted by atomic mass is 32.1. The summed E-state index contributed by atoms with van der Waals surface area (Å²) in [5.74, 6) is 0.198. The maximum absolute atomic E-state index is 13.6. The van der Waals surface area contributed by atoms with Crippen molar-refractivity contribution in [1.82, 2.24) is 10.6 Å². The number of aliphatic imine (C=N–C) groups is 1. The number of aliphatic hydroxyl groups excluding tert-OH is 1. The Morgan fingerprint density at radius 2 is 2.09 bits per heavy atom. The highest BCUT2D eigenvalue weighted by molar-refractivity contribution is 7.09. The first-order valence-corrected chi connectivity index (χ1v) is 8.05. The summed E-state index contributed by atoms with van der Waals surface area (Å²) >= 11 is 1.64. The molecule has 2 rings (SSSR count). The van der Waals surface area contributed by atoms with Gasteiger partial charge in [0.1, 0.15) is 5.82 Å². The molecule has 118 valence electrons. The molecule has 0 saturated carbocycles. The fourth-order valence-corrected chi connectivity index (χ4v) is 2.58. The van der Waals surface area contributed by atoms with E-state index in [1.165, 1.54) is 6.07 Å². The van der Waals surface area contributed by atoms with E-state index in [2.05, 4.69) is 15.6 Å². The number of aliphatic hydroxyl groups is 1. The van der Waals surface area contributed by atoms with Crippen LogP contribution in [-0.2, 0) is 6.54 Å². The highest BCUT2D eigenvalue weighted by Gasteiger charge is 2.12. The molecule has 1 aromatic heterocycles. The SMILES string of the molecule is CCNC(=NCc1cccs1)NCC(O)c1ccccc1F. The Bertz CT molecular complexity index is 601. The second-order valence-electron chi connectivity index (χ2n) is 4.69. The summed E-state index contributed by atoms with van der Waals surface area (Å²) in [7, 11) is 0. The lowest BCUT2D eigenvalue weighted by atomic mass is 10.1. The highest BCUT2D eigenvalue weighted by Crippen LogP contribution is 2.15. The van der Waals surface area contributed by atoms with Gasteiger partial charge in [-0.05, 0) is 24.4 Å². The first kappa shape index (κ1) is 16.5. The minimum absolute atomic E-state index is 0.192. The minimum atomic E-state index is -0.924. The number of hydrogen-bond acceptors (Lipinski definition) is 3. The summed E-state index contributed by atoms with van der Waals surface area (Å²) in [6.07, 6.45) is -0.924. The summed E-state index contributed by atoms with van der Waals surface area (Å²) in [6.45, 7) is 3.45. The third-order valence-electron chi connectivity index (χ3n) is 3.04. The molecule has 1 aromatic carbocycles. The minimum Gasteiger partial charge on any atom is -0.386 e. The monoisotopic (exact) mass is 321 g/mol. The zero-order valence-electron chi connectivity index (χ0n) is 12.4. The van der Waals surface area contributed by atoms with Gasteiger partial charge in [0, 0.05) is 23.5 Å². The number of hydrogen-bond donors (Lipinski definition) is 3. The van der Waals surface area contributed by atoms with Crippen molar-refractivity contribution in [2.45, 2.75) is 19.6 Å². The average molecular weight is 321 g/mol. The van der Waals surface area contributed by atoms with Crippen molar-refractivity contribution in [1.29, 1.82) is 0 Å². The summed E-state index contributed by atoms with van der Waals surface area (Å²) in [6, 6.07) is 10.2. The Kier molecular flexibility index (Phi) is 6.36. The summed E-state index contributed by atoms with van der Waals surface area (Å²) in [5, 5.41) is 18.2. The maximum atomic E-state index is 13.6. The van der Waals surface area contributed by atoms with E-state index in [0.29, 0.717) is 19.0 Å². The Morgan fingerprint density at radius 1 is 1.27 bits per heavy atom. The van der Waals surface area contributed by atoms with E-state index in [0.717, 1.165) is 4.88 Å². The van der Waals surface area contributed by atoms with Crippen LogP contribution in [0, 0.1) is 5.82 Å². The maximum Gasteiger partial charge on any atom is 0.191 e. The molecule has 0 amide bonds. The number of nitrogens with zero attached hydrogens (tertiary/aromatic N) is 1. The fourth-order valence-electron chi connectivity index (χ4n) is 1.95. The average Bonchev–Trinajstić information content (AvgIpc) is 3.03. The molecule has 0 radical (unpaired) electrons. The van der Waals surface area contributed by atoms with Crippen LogP contribution in [0.5, 0.6) is 0 Å². The van der Waals surface area contributed by atoms with Gasteiger partial charge >= 0.3 is 0 Å². The fraction of sp³-hybridized carbons (Fsp3) is 0.312. The molecule has 0 saturated heterocycles. The van der Waals surface area contributed by atoms with Crippen molar-refractivity contribution in [3.8, 4) is 0 Å². The molecule has 2 aromatic rings. The predicted octanol–water partition coefficient (Wildman–Crippen LogP) is 2.68. The smallest absolute Gasteiger partial charge is 0.191 e. The van der Waals surface area contributed by atoms with Crippen LogP contribution in [0.25, 0.3) is 0 Å². The van der Waals surface area contributed by atoms with Gasteiger partial charge in [-0.2, -0.15) is 0 Å². The Morgan fingerprint density at radius 3 is 2.77 bits per heavy atom. The topological polar surface area (TPSA) is 56.7 Å². The first-order valence-electron chi connectivity index (χ1n) is 7.17. The predicted molar refractivity (Wildman–Crippen MR) is 88.5 cm³/mol. The Hall–Kier alpha value is -1.92. The zero-order valence-corrected chi connectivity index (χ0v) is 13.2. The third kappa shape index (κ3) is 4.82. The lowest BCUT2D eigenvalue weighted by Gasteiger charge is -2.16. The van der Waals surface area contributed by atoms with Crippen molar-refractivity contribution >= 4 is 17.3 Å². The lowest BCUT2D eigenvalue weighted by molar-refractivity contribution is 0.176. The van der Waals surface area contributed by atoms with E-state index in [9.17, 15) is 9.50 Å². The number of nitrogens with one attached hydrogen (secondary N) is 2. The van der Waals surface area contributed by atoms with Gasteiger partial charge < -0.3 is 15.7 Å². The van der Waals surface area contributed by atoms with Gasteiger partial charge in [-0.1, -0.05) is 24.3 Å². The molecule has 0 bridgehead atoms. The molecule has 0 spiro atoms. The van der Waals surface area contributed by atoms with Crippen LogP contribution < -0.4 is 10.6 Å². The summed E-state index contributed by atoms with van der Waals surface area (Å²) in [5.41, 5.74) is 0.282. The number of thiophene rings is 1. The van der Waals surface area contributed by atoms with Crippen molar-refractivity contribution in [3.05, 3.63) is 58.0 Å². The molecule has 0 aliphatic rings. The van der Waals surface area contributed by atoms with Crippen LogP contribution in [0.2, 0.25) is 0 Å². The molecule has 6 heteroatoms. The summed E-state index contributed by atoms with van der Waals surface area (Å²) < 4.78 is 13.6. The van der Waals surface area contributed by atoms with E-state index >= 15 is 0 Å². The summed E-state index contributed by atoms with van der Waals surface area (Å²) in [4.78, 5) is 5.60. The lowest BCUT2D eigenvalue weighted by Crippen LogP contribution is -2.39. The molecule has 0 fully saturated rings. The Balaban J connectivity index is 1.93. The number of halogens is 1. The second kappa shape index (κ2) is 8.51. The van der Waals surface area contributed by atoms with Gasteiger partial charge in [0.15, 0.2) is 5.96 Å². The zero-order chi connectivity index (χ0) is 15.8. The number of benzene rings is 1. The van der Waals surface area contributed by atoms with Gasteiger partial charge in [-0.3, -0.25) is 0 Å². The molecular formula is C16H20FN3OS. The van der Waals surface area contributed by atoms with Crippen LogP contribution in [0.4, 0.5) is 4.39 Å². The van der Waals surface area contributed by atoms with Crippen molar-refractivity contribution < 1.29 is 9.50 Å². The van der Waals surface area contributed by atoms with E-state index in [1.807, 2.05) is 24.4 Å². The van der Waals surface area contributed by atoms with Gasteiger partial charge in [0.05, 0.1) is 12.6 Å². The molecule has 4 nitrogen and oxygen atoms in total. The molecule has 1 atom stereocenters. The van der Waals surface area contributed by atoms with E-state index in [-0.39, 0.29) is 12.1 Å². The van der Waals surface area contributed by atoms with E-state index in [1.54, 1.807) is 29.5 Å². The van der Waals surface area contributed by atoms with Crippen molar-refractivity contribution in [2.24, 2.45) is 4.99 Å². The van der Waals surface area contributed by atoms with Gasteiger partial charge in [0.2, 0.25) is 0 Å². The molecular weight excluding hydrogens is 301 g/mol. The van der Waals surface area contributed by atoms with Gasteiger partial charge in [0.25, 0.3) is 0 Å². The third-order valence-corrected chi connectivity index (χ3v) is 3.91. The van der Waals surface area contributed by atoms with Crippen molar-refractivity contribution in [3.63, 3.8) is 0 Å². The normalized spacial score (nSPS) is 13.0. The van der Waals surface area contributed by atoms with Gasteiger partial charge in [-0.25, -0.2) is 9.38 Å². The van der Waals surface area contributed by atoms with E-state index < -0.39 is 11.9 Å². The molecule has 3 N–H and O–H groups in total. The quantitative estimate of drug-likeness (QED) is 0.566. The van der Waals surface area contributed by atoms with Crippen molar-refractivity contribution in [2.75, 3.05) is 13.1 Å². The van der Waals surface area contributed by atoms with Crippen LogP contribution in [0.1, 0.15) is 23.5 Å². The molecule has 22 heavy (non-hydrogen) atoms. The van der Waals surface area contributed by atoms with Crippen LogP contribution in [-0.4, -0.2) is 24.2 Å². The van der Waals surface area contributed by atoms with Crippen LogP contribution in [0.3, 0.4) is 0 Å². The van der Waals surface area contributed by atoms with E-state index in [4.69, 9.17) is 0 Å². The molecule has 0 aliphatic heterocycles. The molecule has 1 unspecified atom stereocenters. The second-order valence-corrected chi connectivity index (χ2v) is 5.72. The first-order chi connectivity index (χ1) is 10.7. The number of guanidine groups is 1. The standard InChI is InChI=1S/C16H20FN3OS/c1-2-18-16(19-10-12-6-5-9-22-12)20-11-15(21)13-7-3-4-8-14(13)17/h3-9,15,21H,2,10-11H2,1H3,(H2,18,19,20). The van der Waals surface area contributed by atoms with Crippen LogP contribution in [0.15, 0.2) is 46.8 Å². The Labute approximate surface area is 133 Å². The number of rotatable bonds is 6. The largest absolute Gasteiger partial charge is 0.386 e. The molecule has 0 aliphatic carbocycles. The van der Waals surface area contributed by atoms with Gasteiger partial charge in [-0.15, -0.1) is 11.3 Å². The van der Waals surface area contributed by atoms with Crippen LogP contribution >= 0.6 is 11.3 Å². The molecule has 1 heterocycles.